The molecule has 0 aromatic rings. The van der Waals surface area contributed by atoms with E-state index >= 15 is 0 Å². The van der Waals surface area contributed by atoms with Gasteiger partial charge in [0.2, 0.25) is 0 Å². The van der Waals surface area contributed by atoms with Gasteiger partial charge < -0.3 is 18.4 Å². The molecule has 0 amide bonds. The number of hydrogen-bond acceptors (Lipinski definition) is 4. The smallest absolute Gasteiger partial charge is 0.397 e. The molecule has 0 atom stereocenters. The maximum atomic E-state index is 7.57. The van der Waals surface area contributed by atoms with Gasteiger partial charge in [0.05, 0.1) is 0 Å². The first-order valence-corrected chi connectivity index (χ1v) is 4.37. The molecule has 0 fully saturated rings. The summed E-state index contributed by atoms with van der Waals surface area (Å²) in [5.74, 6) is 0. The molecule has 0 saturated carbocycles. The molecule has 0 aliphatic heterocycles. The Bertz CT molecular complexity index is 53.2. The fourth-order valence-electron chi connectivity index (χ4n) is 0.289. The maximum Gasteiger partial charge on any atom is 0.483 e. The predicted molar refractivity (Wildman–Crippen MR) is 43.4 cm³/mol. The third kappa shape index (κ3) is 22.4. The van der Waals surface area contributed by atoms with Gasteiger partial charge in [0.25, 0.3) is 0 Å². The van der Waals surface area contributed by atoms with E-state index in [1.165, 1.54) is 0 Å². The molecule has 0 aromatic carbocycles. The number of halogens is 1. The Labute approximate surface area is 87.3 Å². The van der Waals surface area contributed by atoms with Gasteiger partial charge in [0.15, 0.2) is 0 Å². The van der Waals surface area contributed by atoms with Crippen molar-refractivity contribution in [1.29, 1.82) is 0 Å². The van der Waals surface area contributed by atoms with Gasteiger partial charge in [-0.2, -0.15) is 0 Å². The summed E-state index contributed by atoms with van der Waals surface area (Å²) in [5, 5.41) is 7.57. The second-order valence-electron chi connectivity index (χ2n) is 1.31. The van der Waals surface area contributed by atoms with Crippen LogP contribution in [0, 0.1) is 0 Å². The second kappa shape index (κ2) is 22.6. The van der Waals surface area contributed by atoms with Crippen molar-refractivity contribution in [1.82, 2.24) is 0 Å². The molecular formula is C5H17FO4RuSi. The Morgan fingerprint density at radius 3 is 1.25 bits per heavy atom. The number of hydrogen-bond donors (Lipinski definition) is 1. The van der Waals surface area contributed by atoms with Gasteiger partial charge in [0.1, 0.15) is 0 Å². The Hall–Kier alpha value is 0.610. The number of aliphatic hydroxyl groups excluding tert-OH is 1. The predicted octanol–water partition coefficient (Wildman–Crippen LogP) is -0.209. The van der Waals surface area contributed by atoms with Crippen molar-refractivity contribution < 1.29 is 42.6 Å². The van der Waals surface area contributed by atoms with Crippen molar-refractivity contribution in [2.45, 2.75) is 6.92 Å². The Balaban J connectivity index is -0.0000000569. The van der Waals surface area contributed by atoms with Crippen molar-refractivity contribution in [3.63, 3.8) is 0 Å². The molecular weight excluding hydrogens is 272 g/mol. The van der Waals surface area contributed by atoms with E-state index in [4.69, 9.17) is 18.4 Å². The summed E-state index contributed by atoms with van der Waals surface area (Å²) in [6.45, 7) is 1.93. The van der Waals surface area contributed by atoms with Crippen LogP contribution in [0.4, 0.5) is 4.70 Å². The van der Waals surface area contributed by atoms with Crippen LogP contribution in [0.2, 0.25) is 0 Å². The summed E-state index contributed by atoms with van der Waals surface area (Å²) < 4.78 is 14.2. The van der Waals surface area contributed by atoms with Crippen molar-refractivity contribution in [3.05, 3.63) is 0 Å². The summed E-state index contributed by atoms with van der Waals surface area (Å²) in [6, 6.07) is 0. The van der Waals surface area contributed by atoms with E-state index in [1.54, 1.807) is 28.3 Å². The van der Waals surface area contributed by atoms with Crippen LogP contribution in [0.3, 0.4) is 0 Å². The fraction of sp³-hybridized carbons (Fsp3) is 1.00. The van der Waals surface area contributed by atoms with E-state index in [-0.39, 0.29) is 30.8 Å². The molecule has 0 saturated heterocycles. The Morgan fingerprint density at radius 2 is 1.25 bits per heavy atom. The van der Waals surface area contributed by atoms with Crippen LogP contribution in [-0.2, 0) is 32.8 Å². The number of rotatable bonds is 3. The molecule has 0 aliphatic rings. The quantitative estimate of drug-likeness (QED) is 0.731. The molecule has 1 N–H and O–H groups in total. The monoisotopic (exact) mass is 290 g/mol. The molecule has 7 heteroatoms. The van der Waals surface area contributed by atoms with Crippen LogP contribution in [0.5, 0.6) is 0 Å². The SMILES string of the molecule is CCO.CO[SiH](OC)OC.F.[Ru]. The van der Waals surface area contributed by atoms with Crippen LogP contribution in [0.25, 0.3) is 0 Å². The first kappa shape index (κ1) is 22.9. The van der Waals surface area contributed by atoms with Gasteiger partial charge in [-0.05, 0) is 6.92 Å². The van der Waals surface area contributed by atoms with E-state index in [1.807, 2.05) is 0 Å². The van der Waals surface area contributed by atoms with E-state index in [9.17, 15) is 0 Å². The minimum atomic E-state index is -1.67. The van der Waals surface area contributed by atoms with E-state index in [0.717, 1.165) is 0 Å². The molecule has 12 heavy (non-hydrogen) atoms. The zero-order valence-electron chi connectivity index (χ0n) is 7.72. The van der Waals surface area contributed by atoms with Gasteiger partial charge in [-0.15, -0.1) is 0 Å². The Kier molecular flexibility index (Phi) is 43.1. The second-order valence-corrected chi connectivity index (χ2v) is 3.30. The van der Waals surface area contributed by atoms with Gasteiger partial charge in [0, 0.05) is 47.4 Å². The molecule has 0 radical (unpaired) electrons. The summed E-state index contributed by atoms with van der Waals surface area (Å²) >= 11 is 0. The van der Waals surface area contributed by atoms with Crippen molar-refractivity contribution in [2.75, 3.05) is 27.9 Å². The number of aliphatic hydroxyl groups is 1. The molecule has 0 rings (SSSR count). The standard InChI is InChI=1S/C3H10O3Si.C2H6O.FH.Ru/c1-4-7(5-2)6-3;1-2-3;;/h7H,1-3H3;3H,2H2,1H3;1H;. The zero-order valence-corrected chi connectivity index (χ0v) is 10.6. The maximum absolute atomic E-state index is 7.57. The molecule has 0 bridgehead atoms. The molecule has 0 unspecified atom stereocenters. The normalized spacial score (nSPS) is 7.50. The average Bonchev–Trinajstić information content (AvgIpc) is 1.93. The van der Waals surface area contributed by atoms with Gasteiger partial charge in [-0.3, -0.25) is 4.70 Å². The fourth-order valence-corrected chi connectivity index (χ4v) is 0.866. The van der Waals surface area contributed by atoms with Crippen molar-refractivity contribution in [2.24, 2.45) is 0 Å². The molecule has 0 aliphatic carbocycles. The largest absolute Gasteiger partial charge is 0.483 e. The molecule has 0 spiro atoms. The summed E-state index contributed by atoms with van der Waals surface area (Å²) in [6.07, 6.45) is 0. The van der Waals surface area contributed by atoms with E-state index in [0.29, 0.717) is 0 Å². The van der Waals surface area contributed by atoms with Gasteiger partial charge in [-0.1, -0.05) is 0 Å². The van der Waals surface area contributed by atoms with Crippen molar-refractivity contribution >= 4 is 9.53 Å². The van der Waals surface area contributed by atoms with Crippen molar-refractivity contribution in [3.8, 4) is 0 Å². The first-order chi connectivity index (χ1) is 4.76. The minimum Gasteiger partial charge on any atom is -0.397 e. The van der Waals surface area contributed by atoms with Gasteiger partial charge in [-0.25, -0.2) is 0 Å². The van der Waals surface area contributed by atoms with E-state index < -0.39 is 9.53 Å². The topological polar surface area (TPSA) is 47.9 Å². The Morgan fingerprint density at radius 1 is 1.08 bits per heavy atom. The summed E-state index contributed by atoms with van der Waals surface area (Å²) in [5.41, 5.74) is 0. The third-order valence-electron chi connectivity index (χ3n) is 0.577. The summed E-state index contributed by atoms with van der Waals surface area (Å²) in [7, 11) is 3.05. The zero-order chi connectivity index (χ0) is 8.41. The summed E-state index contributed by atoms with van der Waals surface area (Å²) in [4.78, 5) is 0. The first-order valence-electron chi connectivity index (χ1n) is 2.96. The van der Waals surface area contributed by atoms with Gasteiger partial charge >= 0.3 is 9.53 Å². The molecule has 80 valence electrons. The average molecular weight is 289 g/mol. The van der Waals surface area contributed by atoms with Crippen LogP contribution in [0.1, 0.15) is 6.92 Å². The van der Waals surface area contributed by atoms with Crippen LogP contribution in [-0.4, -0.2) is 42.6 Å². The van der Waals surface area contributed by atoms with Crippen LogP contribution < -0.4 is 0 Å². The third-order valence-corrected chi connectivity index (χ3v) is 1.73. The van der Waals surface area contributed by atoms with Crippen LogP contribution >= 0.6 is 0 Å². The minimum absolute atomic E-state index is 0. The molecule has 0 aromatic heterocycles. The van der Waals surface area contributed by atoms with E-state index in [2.05, 4.69) is 0 Å². The van der Waals surface area contributed by atoms with Crippen LogP contribution in [0.15, 0.2) is 0 Å². The molecule has 0 heterocycles. The molecule has 4 nitrogen and oxygen atoms in total.